The van der Waals surface area contributed by atoms with Crippen LogP contribution in [0.25, 0.3) is 10.1 Å². The molecule has 5 heteroatoms. The molecule has 1 atom stereocenters. The van der Waals surface area contributed by atoms with E-state index in [0.717, 1.165) is 43.9 Å². The van der Waals surface area contributed by atoms with E-state index in [0.29, 0.717) is 0 Å². The third kappa shape index (κ3) is 3.44. The highest BCUT2D eigenvalue weighted by Crippen LogP contribution is 2.31. The number of nitrogens with zero attached hydrogens (tertiary/aromatic N) is 2. The van der Waals surface area contributed by atoms with E-state index in [9.17, 15) is 4.79 Å². The molecular formula is C21H23N3OS. The molecule has 1 N–H and O–H groups in total. The number of fused-ring (bicyclic) bond motifs is 1. The number of pyridine rings is 1. The Morgan fingerprint density at radius 1 is 1.27 bits per heavy atom. The van der Waals surface area contributed by atoms with Crippen molar-refractivity contribution in [3.63, 3.8) is 0 Å². The lowest BCUT2D eigenvalue weighted by atomic mass is 9.96. The monoisotopic (exact) mass is 365 g/mol. The number of piperidine rings is 1. The maximum atomic E-state index is 12.8. The summed E-state index contributed by atoms with van der Waals surface area (Å²) in [5.74, 6) is 1.11. The molecule has 3 aromatic rings. The van der Waals surface area contributed by atoms with E-state index in [4.69, 9.17) is 0 Å². The Bertz CT molecular complexity index is 903. The fourth-order valence-electron chi connectivity index (χ4n) is 3.58. The van der Waals surface area contributed by atoms with Crippen molar-refractivity contribution in [2.24, 2.45) is 5.92 Å². The number of amides is 1. The fourth-order valence-corrected chi connectivity index (χ4v) is 4.36. The van der Waals surface area contributed by atoms with Gasteiger partial charge in [0.05, 0.1) is 5.92 Å². The number of thiophene rings is 1. The number of benzene rings is 1. The third-order valence-electron chi connectivity index (χ3n) is 5.08. The van der Waals surface area contributed by atoms with E-state index in [1.54, 1.807) is 11.3 Å². The highest BCUT2D eigenvalue weighted by atomic mass is 32.1. The van der Waals surface area contributed by atoms with Crippen LogP contribution < -0.4 is 10.2 Å². The van der Waals surface area contributed by atoms with E-state index in [-0.39, 0.29) is 11.8 Å². The van der Waals surface area contributed by atoms with Crippen LogP contribution in [0.2, 0.25) is 0 Å². The lowest BCUT2D eigenvalue weighted by Crippen LogP contribution is -2.41. The van der Waals surface area contributed by atoms with Gasteiger partial charge in [-0.05, 0) is 54.5 Å². The number of hydrogen-bond donors (Lipinski definition) is 1. The first-order valence-corrected chi connectivity index (χ1v) is 10.1. The van der Waals surface area contributed by atoms with Crippen molar-refractivity contribution in [2.75, 3.05) is 23.3 Å². The summed E-state index contributed by atoms with van der Waals surface area (Å²) < 4.78 is 1.25. The van der Waals surface area contributed by atoms with Crippen molar-refractivity contribution < 1.29 is 4.79 Å². The van der Waals surface area contributed by atoms with Gasteiger partial charge in [0.15, 0.2) is 0 Å². The highest BCUT2D eigenvalue weighted by Gasteiger charge is 2.27. The van der Waals surface area contributed by atoms with E-state index < -0.39 is 0 Å². The number of hydrogen-bond acceptors (Lipinski definition) is 4. The van der Waals surface area contributed by atoms with Gasteiger partial charge in [0.25, 0.3) is 0 Å². The molecule has 1 saturated heterocycles. The Morgan fingerprint density at radius 3 is 2.92 bits per heavy atom. The van der Waals surface area contributed by atoms with Crippen LogP contribution in [-0.4, -0.2) is 24.0 Å². The average molecular weight is 366 g/mol. The van der Waals surface area contributed by atoms with Gasteiger partial charge in [0.2, 0.25) is 5.91 Å². The predicted octanol–water partition coefficient (Wildman–Crippen LogP) is 4.71. The van der Waals surface area contributed by atoms with Gasteiger partial charge in [-0.1, -0.05) is 19.1 Å². The molecule has 4 nitrogen and oxygen atoms in total. The zero-order valence-electron chi connectivity index (χ0n) is 14.9. The molecule has 1 fully saturated rings. The van der Waals surface area contributed by atoms with E-state index in [2.05, 4.69) is 51.8 Å². The Kier molecular flexibility index (Phi) is 4.89. The summed E-state index contributed by atoms with van der Waals surface area (Å²) in [5, 5.41) is 6.37. The minimum Gasteiger partial charge on any atom is -0.355 e. The molecule has 0 spiro atoms. The molecule has 2 aromatic heterocycles. The molecule has 1 aliphatic heterocycles. The SMILES string of the molecule is CCc1ccc(NC(=O)[C@@H]2CCCN(c3nccc4sccc34)C2)cc1. The molecule has 134 valence electrons. The predicted molar refractivity (Wildman–Crippen MR) is 109 cm³/mol. The van der Waals surface area contributed by atoms with Crippen molar-refractivity contribution in [3.8, 4) is 0 Å². The number of rotatable bonds is 4. The van der Waals surface area contributed by atoms with Gasteiger partial charge in [-0.15, -0.1) is 11.3 Å². The van der Waals surface area contributed by atoms with E-state index in [1.807, 2.05) is 18.3 Å². The van der Waals surface area contributed by atoms with Crippen LogP contribution in [0.5, 0.6) is 0 Å². The molecule has 0 saturated carbocycles. The maximum absolute atomic E-state index is 12.8. The van der Waals surface area contributed by atoms with Gasteiger partial charge in [-0.3, -0.25) is 4.79 Å². The Labute approximate surface area is 157 Å². The lowest BCUT2D eigenvalue weighted by Gasteiger charge is -2.33. The van der Waals surface area contributed by atoms with Gasteiger partial charge in [0, 0.05) is 35.1 Å². The average Bonchev–Trinajstić information content (AvgIpc) is 3.17. The molecule has 1 aromatic carbocycles. The minimum absolute atomic E-state index is 0.00899. The topological polar surface area (TPSA) is 45.2 Å². The number of carbonyl (C=O) groups excluding carboxylic acids is 1. The van der Waals surface area contributed by atoms with Crippen LogP contribution in [0.1, 0.15) is 25.3 Å². The molecule has 0 radical (unpaired) electrons. The van der Waals surface area contributed by atoms with Crippen molar-refractivity contribution in [1.82, 2.24) is 4.98 Å². The standard InChI is InChI=1S/C21H23N3OS/c1-2-15-5-7-17(8-6-15)23-21(25)16-4-3-12-24(14-16)20-18-10-13-26-19(18)9-11-22-20/h5-11,13,16H,2-4,12,14H2,1H3,(H,23,25)/t16-/m1/s1. The zero-order valence-corrected chi connectivity index (χ0v) is 15.8. The van der Waals surface area contributed by atoms with Crippen molar-refractivity contribution >= 4 is 38.8 Å². The summed E-state index contributed by atoms with van der Waals surface area (Å²) in [4.78, 5) is 19.6. The normalized spacial score (nSPS) is 17.4. The summed E-state index contributed by atoms with van der Waals surface area (Å²) in [5.41, 5.74) is 2.16. The summed E-state index contributed by atoms with van der Waals surface area (Å²) in [6.45, 7) is 3.81. The van der Waals surface area contributed by atoms with Gasteiger partial charge in [-0.2, -0.15) is 0 Å². The van der Waals surface area contributed by atoms with Crippen LogP contribution in [-0.2, 0) is 11.2 Å². The first kappa shape index (κ1) is 17.0. The minimum atomic E-state index is -0.00899. The second-order valence-corrected chi connectivity index (χ2v) is 7.74. The van der Waals surface area contributed by atoms with Crippen molar-refractivity contribution in [1.29, 1.82) is 0 Å². The molecule has 1 amide bonds. The molecular weight excluding hydrogens is 342 g/mol. The zero-order chi connectivity index (χ0) is 17.9. The molecule has 3 heterocycles. The summed E-state index contributed by atoms with van der Waals surface area (Å²) in [7, 11) is 0. The number of aryl methyl sites for hydroxylation is 1. The largest absolute Gasteiger partial charge is 0.355 e. The Balaban J connectivity index is 1.47. The fraction of sp³-hybridized carbons (Fsp3) is 0.333. The first-order chi connectivity index (χ1) is 12.7. The van der Waals surface area contributed by atoms with Crippen LogP contribution in [0.4, 0.5) is 11.5 Å². The second-order valence-electron chi connectivity index (χ2n) is 6.79. The van der Waals surface area contributed by atoms with Crippen LogP contribution in [0.3, 0.4) is 0 Å². The molecule has 0 bridgehead atoms. The third-order valence-corrected chi connectivity index (χ3v) is 5.96. The molecule has 0 aliphatic carbocycles. The number of anilines is 2. The molecule has 0 unspecified atom stereocenters. The quantitative estimate of drug-likeness (QED) is 0.728. The lowest BCUT2D eigenvalue weighted by molar-refractivity contribution is -0.120. The summed E-state index contributed by atoms with van der Waals surface area (Å²) >= 11 is 1.73. The van der Waals surface area contributed by atoms with E-state index >= 15 is 0 Å². The smallest absolute Gasteiger partial charge is 0.229 e. The van der Waals surface area contributed by atoms with Crippen LogP contribution >= 0.6 is 11.3 Å². The molecule has 1 aliphatic rings. The number of nitrogens with one attached hydrogen (secondary N) is 1. The van der Waals surface area contributed by atoms with Gasteiger partial charge >= 0.3 is 0 Å². The number of aromatic nitrogens is 1. The highest BCUT2D eigenvalue weighted by molar-refractivity contribution is 7.17. The molecule has 26 heavy (non-hydrogen) atoms. The molecule has 4 rings (SSSR count). The Hall–Kier alpha value is -2.40. The summed E-state index contributed by atoms with van der Waals surface area (Å²) in [6, 6.07) is 12.3. The van der Waals surface area contributed by atoms with Crippen molar-refractivity contribution in [2.45, 2.75) is 26.2 Å². The number of carbonyl (C=O) groups is 1. The Morgan fingerprint density at radius 2 is 2.12 bits per heavy atom. The van der Waals surface area contributed by atoms with Gasteiger partial charge in [0.1, 0.15) is 5.82 Å². The van der Waals surface area contributed by atoms with Crippen LogP contribution in [0.15, 0.2) is 48.0 Å². The van der Waals surface area contributed by atoms with Gasteiger partial charge in [-0.25, -0.2) is 4.98 Å². The maximum Gasteiger partial charge on any atom is 0.229 e. The summed E-state index contributed by atoms with van der Waals surface area (Å²) in [6.07, 6.45) is 4.81. The van der Waals surface area contributed by atoms with Gasteiger partial charge < -0.3 is 10.2 Å². The van der Waals surface area contributed by atoms with Crippen molar-refractivity contribution in [3.05, 3.63) is 53.5 Å². The first-order valence-electron chi connectivity index (χ1n) is 9.21. The second kappa shape index (κ2) is 7.46. The van der Waals surface area contributed by atoms with Crippen LogP contribution in [0, 0.1) is 5.92 Å². The van der Waals surface area contributed by atoms with E-state index in [1.165, 1.54) is 15.6 Å².